The van der Waals surface area contributed by atoms with Gasteiger partial charge in [0.05, 0.1) is 5.02 Å². The molecule has 134 valence electrons. The summed E-state index contributed by atoms with van der Waals surface area (Å²) in [5.74, 6) is -0.0422. The highest BCUT2D eigenvalue weighted by molar-refractivity contribution is 8.01. The van der Waals surface area contributed by atoms with Crippen LogP contribution in [0.25, 0.3) is 0 Å². The Morgan fingerprint density at radius 2 is 2.00 bits per heavy atom. The molecule has 2 aromatic carbocycles. The highest BCUT2D eigenvalue weighted by atomic mass is 35.5. The second-order valence-electron chi connectivity index (χ2n) is 6.43. The van der Waals surface area contributed by atoms with E-state index < -0.39 is 0 Å². The smallest absolute Gasteiger partial charge is 0.225 e. The topological polar surface area (TPSA) is 54.9 Å². The van der Waals surface area contributed by atoms with Crippen LogP contribution in [-0.2, 0) is 10.2 Å². The van der Waals surface area contributed by atoms with E-state index >= 15 is 0 Å². The largest absolute Gasteiger partial charge is 0.326 e. The molecule has 0 bridgehead atoms. The number of benzene rings is 2. The van der Waals surface area contributed by atoms with Gasteiger partial charge < -0.3 is 5.32 Å². The Kier molecular flexibility index (Phi) is 5.96. The van der Waals surface area contributed by atoms with E-state index in [0.29, 0.717) is 17.1 Å². The lowest BCUT2D eigenvalue weighted by Gasteiger charge is -2.24. The van der Waals surface area contributed by atoms with Crippen LogP contribution >= 0.6 is 34.7 Å². The van der Waals surface area contributed by atoms with E-state index in [1.165, 1.54) is 23.1 Å². The van der Waals surface area contributed by atoms with Gasteiger partial charge in [0, 0.05) is 17.0 Å². The number of nitrogens with zero attached hydrogens (tertiary/aromatic N) is 2. The van der Waals surface area contributed by atoms with Gasteiger partial charge in [0.15, 0.2) is 4.34 Å². The van der Waals surface area contributed by atoms with Crippen molar-refractivity contribution >= 4 is 46.3 Å². The second kappa shape index (κ2) is 8.20. The molecule has 1 aromatic heterocycles. The highest BCUT2D eigenvalue weighted by Crippen LogP contribution is 2.35. The fraction of sp³-hybridized carbons (Fsp3) is 0.211. The predicted molar refractivity (Wildman–Crippen MR) is 108 cm³/mol. The lowest BCUT2D eigenvalue weighted by atomic mass is 9.81. The van der Waals surface area contributed by atoms with Crippen LogP contribution < -0.4 is 5.32 Å². The number of rotatable bonds is 6. The third-order valence-electron chi connectivity index (χ3n) is 3.91. The number of carbonyl (C=O) groups excluding carboxylic acids is 1. The summed E-state index contributed by atoms with van der Waals surface area (Å²) in [6.07, 6.45) is 0.385. The number of anilines is 1. The zero-order valence-electron chi connectivity index (χ0n) is 14.4. The van der Waals surface area contributed by atoms with Crippen molar-refractivity contribution in [2.24, 2.45) is 0 Å². The molecule has 26 heavy (non-hydrogen) atoms. The highest BCUT2D eigenvalue weighted by Gasteiger charge is 2.24. The van der Waals surface area contributed by atoms with Crippen LogP contribution in [-0.4, -0.2) is 16.1 Å². The van der Waals surface area contributed by atoms with Crippen molar-refractivity contribution in [2.45, 2.75) is 34.9 Å². The SMILES string of the molecule is CC(C)(CC(=O)Nc1ccc(Sc2nncs2)c(Cl)c1)c1ccccc1. The zero-order chi connectivity index (χ0) is 18.6. The minimum Gasteiger partial charge on any atom is -0.326 e. The summed E-state index contributed by atoms with van der Waals surface area (Å²) in [6, 6.07) is 15.5. The monoisotopic (exact) mass is 403 g/mol. The molecule has 3 aromatic rings. The van der Waals surface area contributed by atoms with E-state index in [2.05, 4.69) is 29.4 Å². The van der Waals surface area contributed by atoms with E-state index in [4.69, 9.17) is 11.6 Å². The summed E-state index contributed by atoms with van der Waals surface area (Å²) >= 11 is 9.26. The van der Waals surface area contributed by atoms with Crippen LogP contribution in [0, 0.1) is 0 Å². The molecule has 0 atom stereocenters. The lowest BCUT2D eigenvalue weighted by molar-refractivity contribution is -0.117. The lowest BCUT2D eigenvalue weighted by Crippen LogP contribution is -2.25. The average Bonchev–Trinajstić information content (AvgIpc) is 3.11. The Hall–Kier alpha value is -1.89. The number of aromatic nitrogens is 2. The van der Waals surface area contributed by atoms with Crippen LogP contribution in [0.4, 0.5) is 5.69 Å². The Morgan fingerprint density at radius 3 is 2.65 bits per heavy atom. The molecule has 0 saturated heterocycles. The maximum Gasteiger partial charge on any atom is 0.225 e. The summed E-state index contributed by atoms with van der Waals surface area (Å²) in [7, 11) is 0. The molecular formula is C19H18ClN3OS2. The predicted octanol–water partition coefficient (Wildman–Crippen LogP) is 5.65. The average molecular weight is 404 g/mol. The van der Waals surface area contributed by atoms with E-state index in [-0.39, 0.29) is 11.3 Å². The number of halogens is 1. The first-order chi connectivity index (χ1) is 12.4. The van der Waals surface area contributed by atoms with Gasteiger partial charge in [-0.15, -0.1) is 10.2 Å². The van der Waals surface area contributed by atoms with Gasteiger partial charge in [0.1, 0.15) is 5.51 Å². The van der Waals surface area contributed by atoms with Gasteiger partial charge in [-0.1, -0.05) is 78.9 Å². The molecular weight excluding hydrogens is 386 g/mol. The first-order valence-electron chi connectivity index (χ1n) is 8.03. The Balaban J connectivity index is 1.65. The van der Waals surface area contributed by atoms with Gasteiger partial charge in [0.2, 0.25) is 5.91 Å². The molecule has 7 heteroatoms. The van der Waals surface area contributed by atoms with Gasteiger partial charge in [-0.2, -0.15) is 0 Å². The summed E-state index contributed by atoms with van der Waals surface area (Å²) in [5, 5.41) is 11.3. The normalized spacial score (nSPS) is 11.3. The number of hydrogen-bond donors (Lipinski definition) is 1. The van der Waals surface area contributed by atoms with Gasteiger partial charge in [-0.05, 0) is 29.2 Å². The fourth-order valence-electron chi connectivity index (χ4n) is 2.56. The van der Waals surface area contributed by atoms with Gasteiger partial charge >= 0.3 is 0 Å². The summed E-state index contributed by atoms with van der Waals surface area (Å²) in [4.78, 5) is 13.4. The summed E-state index contributed by atoms with van der Waals surface area (Å²) in [5.41, 5.74) is 3.25. The Labute approximate surface area is 166 Å². The Bertz CT molecular complexity index is 883. The molecule has 1 heterocycles. The zero-order valence-corrected chi connectivity index (χ0v) is 16.8. The maximum atomic E-state index is 12.5. The van der Waals surface area contributed by atoms with Crippen molar-refractivity contribution in [1.82, 2.24) is 10.2 Å². The first-order valence-corrected chi connectivity index (χ1v) is 10.1. The minimum absolute atomic E-state index is 0.0422. The molecule has 0 aliphatic rings. The van der Waals surface area contributed by atoms with Crippen LogP contribution in [0.2, 0.25) is 5.02 Å². The Morgan fingerprint density at radius 1 is 1.23 bits per heavy atom. The molecule has 0 saturated carbocycles. The standard InChI is InChI=1S/C19H18ClN3OS2/c1-19(2,13-6-4-3-5-7-13)11-17(24)22-14-8-9-16(15(20)10-14)26-18-23-21-12-25-18/h3-10,12H,11H2,1-2H3,(H,22,24). The van der Waals surface area contributed by atoms with Crippen molar-refractivity contribution in [2.75, 3.05) is 5.32 Å². The van der Waals surface area contributed by atoms with E-state index in [0.717, 1.165) is 14.8 Å². The van der Waals surface area contributed by atoms with E-state index in [1.54, 1.807) is 11.6 Å². The molecule has 0 aliphatic carbocycles. The number of carbonyl (C=O) groups is 1. The molecule has 0 radical (unpaired) electrons. The quantitative estimate of drug-likeness (QED) is 0.577. The molecule has 0 fully saturated rings. The summed E-state index contributed by atoms with van der Waals surface area (Å²) < 4.78 is 0.827. The maximum absolute atomic E-state index is 12.5. The van der Waals surface area contributed by atoms with Crippen molar-refractivity contribution < 1.29 is 4.79 Å². The van der Waals surface area contributed by atoms with E-state index in [1.807, 2.05) is 42.5 Å². The van der Waals surface area contributed by atoms with Gasteiger partial charge in [-0.25, -0.2) is 0 Å². The minimum atomic E-state index is -0.247. The number of amides is 1. The first kappa shape index (κ1) is 18.9. The molecule has 0 spiro atoms. The van der Waals surface area contributed by atoms with Crippen molar-refractivity contribution in [3.63, 3.8) is 0 Å². The fourth-order valence-corrected chi connectivity index (χ4v) is 4.30. The molecule has 3 rings (SSSR count). The molecule has 1 amide bonds. The van der Waals surface area contributed by atoms with Crippen molar-refractivity contribution in [3.05, 3.63) is 64.6 Å². The third-order valence-corrected chi connectivity index (χ3v) is 6.19. The van der Waals surface area contributed by atoms with Crippen LogP contribution in [0.5, 0.6) is 0 Å². The van der Waals surface area contributed by atoms with Crippen molar-refractivity contribution in [1.29, 1.82) is 0 Å². The van der Waals surface area contributed by atoms with Crippen LogP contribution in [0.3, 0.4) is 0 Å². The molecule has 0 aliphatic heterocycles. The molecule has 1 N–H and O–H groups in total. The second-order valence-corrected chi connectivity index (χ2v) is 8.96. The van der Waals surface area contributed by atoms with Crippen LogP contribution in [0.1, 0.15) is 25.8 Å². The summed E-state index contributed by atoms with van der Waals surface area (Å²) in [6.45, 7) is 4.13. The third kappa shape index (κ3) is 4.84. The van der Waals surface area contributed by atoms with Crippen molar-refractivity contribution in [3.8, 4) is 0 Å². The van der Waals surface area contributed by atoms with Gasteiger partial charge in [0.25, 0.3) is 0 Å². The van der Waals surface area contributed by atoms with E-state index in [9.17, 15) is 4.79 Å². The number of nitrogens with one attached hydrogen (secondary N) is 1. The van der Waals surface area contributed by atoms with Gasteiger partial charge in [-0.3, -0.25) is 4.79 Å². The number of hydrogen-bond acceptors (Lipinski definition) is 5. The molecule has 0 unspecified atom stereocenters. The van der Waals surface area contributed by atoms with Crippen LogP contribution in [0.15, 0.2) is 63.3 Å². The molecule has 4 nitrogen and oxygen atoms in total.